The summed E-state index contributed by atoms with van der Waals surface area (Å²) < 4.78 is 5.40. The number of anilines is 1. The Morgan fingerprint density at radius 2 is 2.15 bits per heavy atom. The minimum atomic E-state index is -0.165. The average Bonchev–Trinajstić information content (AvgIpc) is 3.10. The largest absolute Gasteiger partial charge is 0.481 e. The minimum absolute atomic E-state index is 0.165. The van der Waals surface area contributed by atoms with Gasteiger partial charge in [-0.15, -0.1) is 29.5 Å². The van der Waals surface area contributed by atoms with Crippen LogP contribution in [0.3, 0.4) is 0 Å². The van der Waals surface area contributed by atoms with E-state index >= 15 is 0 Å². The molecule has 0 saturated carbocycles. The molecule has 0 fully saturated rings. The number of rotatable bonds is 7. The molecule has 4 nitrogen and oxygen atoms in total. The number of hydrogen-bond donors (Lipinski definition) is 1. The maximum absolute atomic E-state index is 12.8. The van der Waals surface area contributed by atoms with Gasteiger partial charge in [-0.2, -0.15) is 0 Å². The molecule has 0 unspecified atom stereocenters. The highest BCUT2D eigenvalue weighted by Crippen LogP contribution is 2.28. The van der Waals surface area contributed by atoms with Gasteiger partial charge >= 0.3 is 0 Å². The van der Waals surface area contributed by atoms with Crippen molar-refractivity contribution in [1.29, 1.82) is 0 Å². The van der Waals surface area contributed by atoms with E-state index in [9.17, 15) is 4.79 Å². The Kier molecular flexibility index (Phi) is 6.53. The second kappa shape index (κ2) is 9.26. The number of carbonyl (C=O) groups excluding carboxylic acids is 1. The fourth-order valence-electron chi connectivity index (χ4n) is 2.39. The first-order chi connectivity index (χ1) is 13.2. The standard InChI is InChI=1S/C21H18N2O2S2/c1-3-11-25-18-8-6-7-16(12-18)23-21(24)19-9-4-5-10-20(19)27-14-17-13-26-15(2)22-17/h1,4-10,12-13H,11,14H2,2H3,(H,23,24). The van der Waals surface area contributed by atoms with Crippen LogP contribution in [0.5, 0.6) is 5.75 Å². The van der Waals surface area contributed by atoms with Crippen LogP contribution in [0, 0.1) is 19.3 Å². The second-order valence-corrected chi connectivity index (χ2v) is 7.70. The van der Waals surface area contributed by atoms with E-state index in [1.807, 2.05) is 48.7 Å². The minimum Gasteiger partial charge on any atom is -0.481 e. The molecule has 2 aromatic carbocycles. The summed E-state index contributed by atoms with van der Waals surface area (Å²) in [6.07, 6.45) is 5.21. The number of nitrogens with one attached hydrogen (secondary N) is 1. The molecule has 3 rings (SSSR count). The first kappa shape index (κ1) is 19.0. The van der Waals surface area contributed by atoms with Crippen molar-refractivity contribution in [2.45, 2.75) is 17.6 Å². The maximum Gasteiger partial charge on any atom is 0.256 e. The van der Waals surface area contributed by atoms with E-state index in [-0.39, 0.29) is 12.5 Å². The summed E-state index contributed by atoms with van der Waals surface area (Å²) in [5, 5.41) is 6.01. The predicted molar refractivity (Wildman–Crippen MR) is 112 cm³/mol. The molecule has 0 aliphatic rings. The van der Waals surface area contributed by atoms with Gasteiger partial charge in [0.05, 0.1) is 16.3 Å². The number of nitrogens with zero attached hydrogens (tertiary/aromatic N) is 1. The van der Waals surface area contributed by atoms with Crippen LogP contribution in [0.15, 0.2) is 58.8 Å². The lowest BCUT2D eigenvalue weighted by Crippen LogP contribution is -2.13. The lowest BCUT2D eigenvalue weighted by atomic mass is 10.2. The number of aryl methyl sites for hydroxylation is 1. The summed E-state index contributed by atoms with van der Waals surface area (Å²) in [5.74, 6) is 3.60. The van der Waals surface area contributed by atoms with Gasteiger partial charge in [-0.3, -0.25) is 4.79 Å². The quantitative estimate of drug-likeness (QED) is 0.452. The van der Waals surface area contributed by atoms with Crippen molar-refractivity contribution in [3.63, 3.8) is 0 Å². The molecular formula is C21H18N2O2S2. The monoisotopic (exact) mass is 394 g/mol. The summed E-state index contributed by atoms with van der Waals surface area (Å²) >= 11 is 3.23. The molecule has 0 atom stereocenters. The van der Waals surface area contributed by atoms with Gasteiger partial charge in [0.1, 0.15) is 12.4 Å². The molecule has 1 heterocycles. The van der Waals surface area contributed by atoms with Gasteiger partial charge in [0.25, 0.3) is 5.91 Å². The van der Waals surface area contributed by atoms with Crippen molar-refractivity contribution >= 4 is 34.7 Å². The fourth-order valence-corrected chi connectivity index (χ4v) is 4.05. The van der Waals surface area contributed by atoms with Crippen LogP contribution >= 0.6 is 23.1 Å². The predicted octanol–water partition coefficient (Wildman–Crippen LogP) is 5.01. The van der Waals surface area contributed by atoms with Crippen molar-refractivity contribution < 1.29 is 9.53 Å². The van der Waals surface area contributed by atoms with Crippen LogP contribution in [-0.4, -0.2) is 17.5 Å². The summed E-state index contributed by atoms with van der Waals surface area (Å²) in [6, 6.07) is 14.7. The highest BCUT2D eigenvalue weighted by Gasteiger charge is 2.13. The van der Waals surface area contributed by atoms with Crippen molar-refractivity contribution in [1.82, 2.24) is 4.98 Å². The van der Waals surface area contributed by atoms with Gasteiger partial charge in [0.2, 0.25) is 0 Å². The topological polar surface area (TPSA) is 51.2 Å². The molecule has 3 aromatic rings. The van der Waals surface area contributed by atoms with Crippen LogP contribution in [0.1, 0.15) is 21.1 Å². The summed E-state index contributed by atoms with van der Waals surface area (Å²) in [5.41, 5.74) is 2.31. The Morgan fingerprint density at radius 3 is 2.93 bits per heavy atom. The number of aromatic nitrogens is 1. The van der Waals surface area contributed by atoms with Crippen LogP contribution in [0.2, 0.25) is 0 Å². The first-order valence-corrected chi connectivity index (χ1v) is 10.1. The molecule has 27 heavy (non-hydrogen) atoms. The Morgan fingerprint density at radius 1 is 1.30 bits per heavy atom. The van der Waals surface area contributed by atoms with Gasteiger partial charge in [0.15, 0.2) is 0 Å². The number of amides is 1. The van der Waals surface area contributed by atoms with Crippen LogP contribution in [0.25, 0.3) is 0 Å². The molecule has 0 aliphatic heterocycles. The highest BCUT2D eigenvalue weighted by atomic mass is 32.2. The zero-order valence-corrected chi connectivity index (χ0v) is 16.4. The fraction of sp³-hybridized carbons (Fsp3) is 0.143. The van der Waals surface area contributed by atoms with Gasteiger partial charge in [0, 0.05) is 27.8 Å². The third-order valence-electron chi connectivity index (χ3n) is 3.59. The van der Waals surface area contributed by atoms with Gasteiger partial charge in [-0.25, -0.2) is 4.98 Å². The molecule has 0 spiro atoms. The smallest absolute Gasteiger partial charge is 0.256 e. The second-order valence-electron chi connectivity index (χ2n) is 5.62. The normalized spacial score (nSPS) is 10.2. The van der Waals surface area contributed by atoms with Gasteiger partial charge in [-0.05, 0) is 31.2 Å². The molecule has 0 bridgehead atoms. The number of ether oxygens (including phenoxy) is 1. The molecule has 6 heteroatoms. The number of benzene rings is 2. The van der Waals surface area contributed by atoms with Crippen molar-refractivity contribution in [3.05, 3.63) is 70.2 Å². The lowest BCUT2D eigenvalue weighted by Gasteiger charge is -2.10. The lowest BCUT2D eigenvalue weighted by molar-refractivity contribution is 0.102. The molecule has 0 saturated heterocycles. The molecule has 0 radical (unpaired) electrons. The van der Waals surface area contributed by atoms with Crippen molar-refractivity contribution in [2.24, 2.45) is 0 Å². The Bertz CT molecular complexity index is 976. The number of hydrogen-bond acceptors (Lipinski definition) is 5. The molecule has 1 N–H and O–H groups in total. The van der Waals surface area contributed by atoms with Gasteiger partial charge < -0.3 is 10.1 Å². The maximum atomic E-state index is 12.8. The summed E-state index contributed by atoms with van der Waals surface area (Å²) in [6.45, 7) is 2.18. The van der Waals surface area contributed by atoms with E-state index < -0.39 is 0 Å². The summed E-state index contributed by atoms with van der Waals surface area (Å²) in [7, 11) is 0. The number of terminal acetylenes is 1. The first-order valence-electron chi connectivity index (χ1n) is 8.26. The molecular weight excluding hydrogens is 376 g/mol. The van der Waals surface area contributed by atoms with E-state index in [1.54, 1.807) is 35.2 Å². The number of carbonyl (C=O) groups is 1. The third kappa shape index (κ3) is 5.36. The number of thiazole rings is 1. The van der Waals surface area contributed by atoms with Gasteiger partial charge in [-0.1, -0.05) is 24.1 Å². The van der Waals surface area contributed by atoms with Crippen LogP contribution < -0.4 is 10.1 Å². The van der Waals surface area contributed by atoms with E-state index in [4.69, 9.17) is 11.2 Å². The SMILES string of the molecule is C#CCOc1cccc(NC(=O)c2ccccc2SCc2csc(C)n2)c1. The van der Waals surface area contributed by atoms with Crippen LogP contribution in [0.4, 0.5) is 5.69 Å². The van der Waals surface area contributed by atoms with Crippen molar-refractivity contribution in [2.75, 3.05) is 11.9 Å². The number of thioether (sulfide) groups is 1. The van der Waals surface area contributed by atoms with E-state index in [0.29, 0.717) is 17.0 Å². The molecule has 0 aliphatic carbocycles. The average molecular weight is 395 g/mol. The van der Waals surface area contributed by atoms with Crippen LogP contribution in [-0.2, 0) is 5.75 Å². The molecule has 136 valence electrons. The third-order valence-corrected chi connectivity index (χ3v) is 5.52. The Hall–Kier alpha value is -2.75. The van der Waals surface area contributed by atoms with E-state index in [1.165, 1.54) is 0 Å². The summed E-state index contributed by atoms with van der Waals surface area (Å²) in [4.78, 5) is 18.2. The molecule has 1 aromatic heterocycles. The zero-order valence-electron chi connectivity index (χ0n) is 14.8. The molecule has 1 amide bonds. The Labute approximate surface area is 167 Å². The van der Waals surface area contributed by atoms with Crippen molar-refractivity contribution in [3.8, 4) is 18.1 Å². The zero-order chi connectivity index (χ0) is 19.1. The highest BCUT2D eigenvalue weighted by molar-refractivity contribution is 7.98. The van der Waals surface area contributed by atoms with E-state index in [2.05, 4.69) is 16.2 Å². The van der Waals surface area contributed by atoms with E-state index in [0.717, 1.165) is 21.3 Å². The Balaban J connectivity index is 1.70.